The summed E-state index contributed by atoms with van der Waals surface area (Å²) >= 11 is 0. The molecule has 0 radical (unpaired) electrons. The largest absolute Gasteiger partial charge is 0.459 e. The number of benzene rings is 1. The zero-order valence-electron chi connectivity index (χ0n) is 15.6. The highest BCUT2D eigenvalue weighted by Crippen LogP contribution is 2.41. The van der Waals surface area contributed by atoms with E-state index in [-0.39, 0.29) is 18.2 Å². The molecule has 0 aliphatic heterocycles. The van der Waals surface area contributed by atoms with Gasteiger partial charge in [0.25, 0.3) is 5.91 Å². The topological polar surface area (TPSA) is 92.1 Å². The smallest absolute Gasteiger partial charge is 0.303 e. The number of hydrogen-bond donors (Lipinski definition) is 1. The van der Waals surface area contributed by atoms with E-state index in [1.54, 1.807) is 18.2 Å². The maximum atomic E-state index is 12.7. The molecule has 0 bridgehead atoms. The number of nitriles is 1. The van der Waals surface area contributed by atoms with Crippen LogP contribution in [0.4, 0.5) is 0 Å². The number of aromatic nitrogens is 1. The van der Waals surface area contributed by atoms with Crippen molar-refractivity contribution in [2.75, 3.05) is 0 Å². The lowest BCUT2D eigenvalue weighted by atomic mass is 10.0. The molecule has 1 N–H and O–H groups in total. The number of carbonyl (C=O) groups is 2. The summed E-state index contributed by atoms with van der Waals surface area (Å²) in [6.45, 7) is 1.37. The van der Waals surface area contributed by atoms with E-state index in [2.05, 4.69) is 10.3 Å². The summed E-state index contributed by atoms with van der Waals surface area (Å²) in [7, 11) is 0. The molecule has 6 nitrogen and oxygen atoms in total. The van der Waals surface area contributed by atoms with Gasteiger partial charge in [0.1, 0.15) is 18.2 Å². The van der Waals surface area contributed by atoms with Crippen LogP contribution in [0.3, 0.4) is 0 Å². The first-order valence-electron chi connectivity index (χ1n) is 9.13. The number of amides is 1. The number of carbonyl (C=O) groups excluding carboxylic acids is 2. The van der Waals surface area contributed by atoms with E-state index in [9.17, 15) is 14.9 Å². The lowest BCUT2D eigenvalue weighted by molar-refractivity contribution is -0.142. The van der Waals surface area contributed by atoms with E-state index in [0.29, 0.717) is 17.3 Å². The summed E-state index contributed by atoms with van der Waals surface area (Å²) < 4.78 is 4.93. The number of nitrogens with zero attached hydrogens (tertiary/aromatic N) is 2. The van der Waals surface area contributed by atoms with Gasteiger partial charge in [-0.25, -0.2) is 4.98 Å². The fourth-order valence-corrected chi connectivity index (χ4v) is 2.91. The van der Waals surface area contributed by atoms with Crippen molar-refractivity contribution in [2.24, 2.45) is 5.92 Å². The Bertz CT molecular complexity index is 928. The van der Waals surface area contributed by atoms with Crippen molar-refractivity contribution in [3.8, 4) is 6.07 Å². The third-order valence-corrected chi connectivity index (χ3v) is 4.45. The minimum absolute atomic E-state index is 0.0151. The van der Waals surface area contributed by atoms with E-state index >= 15 is 0 Å². The van der Waals surface area contributed by atoms with Crippen molar-refractivity contribution < 1.29 is 14.3 Å². The van der Waals surface area contributed by atoms with Gasteiger partial charge in [0.15, 0.2) is 0 Å². The van der Waals surface area contributed by atoms with E-state index < -0.39 is 11.9 Å². The molecule has 3 rings (SSSR count). The van der Waals surface area contributed by atoms with Gasteiger partial charge in [0.2, 0.25) is 0 Å². The molecule has 1 fully saturated rings. The molecule has 1 amide bonds. The first-order chi connectivity index (χ1) is 13.6. The third-order valence-electron chi connectivity index (χ3n) is 4.45. The van der Waals surface area contributed by atoms with E-state index in [1.165, 1.54) is 13.0 Å². The van der Waals surface area contributed by atoms with Gasteiger partial charge < -0.3 is 10.1 Å². The zero-order chi connectivity index (χ0) is 19.9. The quantitative estimate of drug-likeness (QED) is 0.455. The van der Waals surface area contributed by atoms with Crippen molar-refractivity contribution in [3.05, 3.63) is 71.1 Å². The summed E-state index contributed by atoms with van der Waals surface area (Å²) in [5, 5.41) is 12.5. The molecule has 1 aromatic heterocycles. The van der Waals surface area contributed by atoms with Gasteiger partial charge in [-0.1, -0.05) is 36.4 Å². The Morgan fingerprint density at radius 1 is 1.25 bits per heavy atom. The zero-order valence-corrected chi connectivity index (χ0v) is 15.6. The van der Waals surface area contributed by atoms with Crippen molar-refractivity contribution in [1.82, 2.24) is 10.3 Å². The Hall–Kier alpha value is -3.46. The van der Waals surface area contributed by atoms with Crippen LogP contribution in [0.5, 0.6) is 0 Å². The normalized spacial score (nSPS) is 14.6. The predicted octanol–water partition coefficient (Wildman–Crippen LogP) is 3.32. The average molecular weight is 375 g/mol. The molecule has 0 spiro atoms. The number of esters is 1. The Kier molecular flexibility index (Phi) is 6.18. The standard InChI is InChI=1S/C22H21N3O3/c1-15(26)28-14-20-9-5-8-19(24-20)12-18(13-23)22(27)25-21(17-10-11-17)16-6-3-2-4-7-16/h2-9,12,17,21H,10-11,14H2,1H3,(H,25,27). The Labute approximate surface area is 163 Å². The van der Waals surface area contributed by atoms with E-state index in [1.807, 2.05) is 36.4 Å². The molecule has 0 saturated heterocycles. The van der Waals surface area contributed by atoms with Gasteiger partial charge in [-0.15, -0.1) is 0 Å². The number of rotatable bonds is 7. The summed E-state index contributed by atoms with van der Waals surface area (Å²) in [6.07, 6.45) is 3.57. The summed E-state index contributed by atoms with van der Waals surface area (Å²) in [6, 6.07) is 16.8. The van der Waals surface area contributed by atoms with Gasteiger partial charge in [0, 0.05) is 6.92 Å². The van der Waals surface area contributed by atoms with Gasteiger partial charge in [-0.3, -0.25) is 9.59 Å². The number of pyridine rings is 1. The second kappa shape index (κ2) is 8.96. The fraction of sp³-hybridized carbons (Fsp3) is 0.273. The maximum Gasteiger partial charge on any atom is 0.303 e. The molecule has 1 aliphatic rings. The van der Waals surface area contributed by atoms with Crippen molar-refractivity contribution in [1.29, 1.82) is 5.26 Å². The number of hydrogen-bond acceptors (Lipinski definition) is 5. The molecule has 1 unspecified atom stereocenters. The highest BCUT2D eigenvalue weighted by Gasteiger charge is 2.33. The van der Waals surface area contributed by atoms with Crippen molar-refractivity contribution >= 4 is 18.0 Å². The van der Waals surface area contributed by atoms with Crippen LogP contribution in [-0.2, 0) is 20.9 Å². The molecule has 28 heavy (non-hydrogen) atoms. The molecule has 2 aromatic rings. The first kappa shape index (κ1) is 19.3. The molecule has 1 aromatic carbocycles. The minimum atomic E-state index is -0.421. The Morgan fingerprint density at radius 3 is 2.64 bits per heavy atom. The lowest BCUT2D eigenvalue weighted by Gasteiger charge is -2.18. The van der Waals surface area contributed by atoms with Gasteiger partial charge in [-0.05, 0) is 42.5 Å². The maximum absolute atomic E-state index is 12.7. The second-order valence-electron chi connectivity index (χ2n) is 6.70. The van der Waals surface area contributed by atoms with Gasteiger partial charge >= 0.3 is 5.97 Å². The predicted molar refractivity (Wildman–Crippen MR) is 103 cm³/mol. The summed E-state index contributed by atoms with van der Waals surface area (Å²) in [5.41, 5.74) is 2.02. The Balaban J connectivity index is 1.75. The van der Waals surface area contributed by atoms with Crippen LogP contribution in [0.1, 0.15) is 42.8 Å². The molecular formula is C22H21N3O3. The monoisotopic (exact) mass is 375 g/mol. The number of ether oxygens (including phenoxy) is 1. The third kappa shape index (κ3) is 5.27. The minimum Gasteiger partial charge on any atom is -0.459 e. The molecule has 1 saturated carbocycles. The molecular weight excluding hydrogens is 354 g/mol. The van der Waals surface area contributed by atoms with Gasteiger partial charge in [-0.2, -0.15) is 5.26 Å². The molecule has 1 aliphatic carbocycles. The highest BCUT2D eigenvalue weighted by molar-refractivity contribution is 6.01. The Morgan fingerprint density at radius 2 is 2.00 bits per heavy atom. The number of nitrogens with one attached hydrogen (secondary N) is 1. The molecule has 1 heterocycles. The van der Waals surface area contributed by atoms with Crippen LogP contribution >= 0.6 is 0 Å². The van der Waals surface area contributed by atoms with E-state index in [0.717, 1.165) is 18.4 Å². The van der Waals surface area contributed by atoms with Crippen LogP contribution in [0, 0.1) is 17.2 Å². The SMILES string of the molecule is CC(=O)OCc1cccc(C=C(C#N)C(=O)NC(c2ccccc2)C2CC2)n1. The van der Waals surface area contributed by atoms with Crippen molar-refractivity contribution in [2.45, 2.75) is 32.4 Å². The highest BCUT2D eigenvalue weighted by atomic mass is 16.5. The first-order valence-corrected chi connectivity index (χ1v) is 9.13. The van der Waals surface area contributed by atoms with Crippen LogP contribution < -0.4 is 5.32 Å². The van der Waals surface area contributed by atoms with Crippen LogP contribution in [0.15, 0.2) is 54.1 Å². The summed E-state index contributed by atoms with van der Waals surface area (Å²) in [4.78, 5) is 27.9. The van der Waals surface area contributed by atoms with Crippen LogP contribution in [0.2, 0.25) is 0 Å². The summed E-state index contributed by atoms with van der Waals surface area (Å²) in [5.74, 6) is -0.418. The van der Waals surface area contributed by atoms with Gasteiger partial charge in [0.05, 0.1) is 17.4 Å². The molecule has 1 atom stereocenters. The van der Waals surface area contributed by atoms with E-state index in [4.69, 9.17) is 4.74 Å². The molecule has 6 heteroatoms. The van der Waals surface area contributed by atoms with Crippen molar-refractivity contribution in [3.63, 3.8) is 0 Å². The molecule has 142 valence electrons. The van der Waals surface area contributed by atoms with Crippen LogP contribution in [0.25, 0.3) is 6.08 Å². The fourth-order valence-electron chi connectivity index (χ4n) is 2.91. The van der Waals surface area contributed by atoms with Crippen LogP contribution in [-0.4, -0.2) is 16.9 Å². The lowest BCUT2D eigenvalue weighted by Crippen LogP contribution is -2.30. The average Bonchev–Trinajstić information content (AvgIpc) is 3.54. The second-order valence-corrected chi connectivity index (χ2v) is 6.70.